The van der Waals surface area contributed by atoms with Gasteiger partial charge in [-0.15, -0.1) is 10.2 Å². The molecule has 12 heteroatoms. The summed E-state index contributed by atoms with van der Waals surface area (Å²) in [5.74, 6) is -2.55. The Labute approximate surface area is 239 Å². The van der Waals surface area contributed by atoms with Crippen LogP contribution >= 0.6 is 0 Å². The van der Waals surface area contributed by atoms with Crippen LogP contribution in [0.25, 0.3) is 0 Å². The summed E-state index contributed by atoms with van der Waals surface area (Å²) in [7, 11) is 3.51. The lowest BCUT2D eigenvalue weighted by atomic mass is 9.62. The number of carbonyl (C=O) groups is 1. The predicted molar refractivity (Wildman–Crippen MR) is 142 cm³/mol. The molecule has 3 aliphatic carbocycles. The normalized spacial score (nSPS) is 29.1. The molecule has 7 rings (SSSR count). The summed E-state index contributed by atoms with van der Waals surface area (Å²) in [5.41, 5.74) is -0.641. The van der Waals surface area contributed by atoms with Crippen LogP contribution in [0.2, 0.25) is 0 Å². The summed E-state index contributed by atoms with van der Waals surface area (Å²) >= 11 is 0. The van der Waals surface area contributed by atoms with E-state index in [1.807, 2.05) is 23.7 Å². The third-order valence-corrected chi connectivity index (χ3v) is 9.84. The molecule has 1 aromatic heterocycles. The molecule has 1 N–H and O–H groups in total. The highest BCUT2D eigenvalue weighted by molar-refractivity contribution is 6.10. The average Bonchev–Trinajstić information content (AvgIpc) is 3.59. The Morgan fingerprint density at radius 3 is 2.52 bits per heavy atom. The fourth-order valence-electron chi connectivity index (χ4n) is 7.21. The largest absolute Gasteiger partial charge is 0.416 e. The highest BCUT2D eigenvalue weighted by Crippen LogP contribution is 2.78. The van der Waals surface area contributed by atoms with E-state index in [0.717, 1.165) is 17.5 Å². The van der Waals surface area contributed by atoms with E-state index in [-0.39, 0.29) is 42.7 Å². The van der Waals surface area contributed by atoms with E-state index in [0.29, 0.717) is 37.1 Å². The molecule has 0 unspecified atom stereocenters. The van der Waals surface area contributed by atoms with Crippen molar-refractivity contribution in [3.63, 3.8) is 0 Å². The number of nitrogens with zero attached hydrogens (tertiary/aromatic N) is 4. The van der Waals surface area contributed by atoms with Crippen molar-refractivity contribution in [2.45, 2.75) is 62.4 Å². The molecule has 3 saturated carbocycles. The van der Waals surface area contributed by atoms with E-state index < -0.39 is 34.4 Å². The number of benzene rings is 2. The third-order valence-electron chi connectivity index (χ3n) is 9.84. The molecule has 2 heterocycles. The van der Waals surface area contributed by atoms with Crippen LogP contribution in [0, 0.1) is 11.3 Å². The number of amides is 1. The summed E-state index contributed by atoms with van der Waals surface area (Å²) in [6, 6.07) is 9.86. The molecule has 222 valence electrons. The first-order valence-electron chi connectivity index (χ1n) is 14.0. The van der Waals surface area contributed by atoms with Crippen molar-refractivity contribution in [1.82, 2.24) is 20.1 Å². The van der Waals surface area contributed by atoms with Gasteiger partial charge in [0.15, 0.2) is 0 Å². The highest BCUT2D eigenvalue weighted by Gasteiger charge is 2.82. The molecule has 4 aliphatic rings. The van der Waals surface area contributed by atoms with Gasteiger partial charge in [-0.25, -0.2) is 8.78 Å². The number of anilines is 1. The number of aromatic nitrogens is 3. The number of halogens is 5. The minimum Gasteiger partial charge on any atom is -0.381 e. The number of nitrogens with one attached hydrogen (secondary N) is 1. The van der Waals surface area contributed by atoms with Gasteiger partial charge in [-0.2, -0.15) is 13.2 Å². The lowest BCUT2D eigenvalue weighted by Gasteiger charge is -2.46. The summed E-state index contributed by atoms with van der Waals surface area (Å²) in [6.07, 6.45) is -1.38. The number of carbonyl (C=O) groups excluding carboxylic acids is 1. The topological polar surface area (TPSA) is 72.3 Å². The maximum absolute atomic E-state index is 14.2. The van der Waals surface area contributed by atoms with Crippen LogP contribution < -0.4 is 10.2 Å². The molecule has 1 spiro atoms. The molecule has 0 radical (unpaired) electrons. The van der Waals surface area contributed by atoms with Crippen molar-refractivity contribution in [2.24, 2.45) is 18.4 Å². The van der Waals surface area contributed by atoms with Gasteiger partial charge in [0.1, 0.15) is 12.2 Å². The SMILES string of the molecule is COC1CC(c2cccc(N3Cc4c(cc(CNC[C@@H]5C[C@@]56CC6(F)F)cc4C(F)(F)F)C3=O)c2)(c2nncn2C)C1. The smallest absolute Gasteiger partial charge is 0.381 e. The highest BCUT2D eigenvalue weighted by atomic mass is 19.4. The third kappa shape index (κ3) is 4.09. The molecule has 1 aliphatic heterocycles. The van der Waals surface area contributed by atoms with Crippen molar-refractivity contribution >= 4 is 11.6 Å². The van der Waals surface area contributed by atoms with E-state index in [1.165, 1.54) is 11.0 Å². The standard InChI is InChI=1S/C30H30F5N5O2/c1-39-16-37-38-26(39)27(10-21(11-27)42-2)18-4-3-5-20(8-18)40-14-23-22(25(40)41)6-17(7-24(23)30(33,34)35)12-36-13-19-9-28(19)15-29(28,31)32/h3-8,16,19,21,36H,9-15H2,1-2H3/t19-,21?,27?,28+/m0/s1. The Balaban J connectivity index is 1.15. The summed E-state index contributed by atoms with van der Waals surface area (Å²) in [6.45, 7) is 0.147. The van der Waals surface area contributed by atoms with Crippen LogP contribution in [0.5, 0.6) is 0 Å². The van der Waals surface area contributed by atoms with Gasteiger partial charge >= 0.3 is 6.18 Å². The summed E-state index contributed by atoms with van der Waals surface area (Å²) in [4.78, 5) is 15.0. The first-order valence-corrected chi connectivity index (χ1v) is 14.0. The first kappa shape index (κ1) is 27.5. The summed E-state index contributed by atoms with van der Waals surface area (Å²) in [5, 5.41) is 11.4. The number of hydrogen-bond donors (Lipinski definition) is 1. The Hall–Kier alpha value is -3.38. The van der Waals surface area contributed by atoms with Gasteiger partial charge in [-0.1, -0.05) is 12.1 Å². The lowest BCUT2D eigenvalue weighted by Crippen LogP contribution is -2.48. The Morgan fingerprint density at radius 2 is 1.90 bits per heavy atom. The molecular formula is C30H30F5N5O2. The van der Waals surface area contributed by atoms with Crippen LogP contribution in [0.1, 0.15) is 64.1 Å². The molecule has 2 aromatic carbocycles. The molecule has 0 saturated heterocycles. The molecule has 3 aromatic rings. The van der Waals surface area contributed by atoms with Crippen LogP contribution in [-0.2, 0) is 36.5 Å². The van der Waals surface area contributed by atoms with Gasteiger partial charge in [0, 0.05) is 43.8 Å². The van der Waals surface area contributed by atoms with Crippen molar-refractivity contribution in [3.8, 4) is 0 Å². The van der Waals surface area contributed by atoms with Gasteiger partial charge in [0.05, 0.1) is 23.6 Å². The Kier molecular flexibility index (Phi) is 5.92. The van der Waals surface area contributed by atoms with Crippen LogP contribution in [-0.4, -0.2) is 46.4 Å². The number of rotatable bonds is 8. The van der Waals surface area contributed by atoms with Gasteiger partial charge in [0.25, 0.3) is 11.8 Å². The Morgan fingerprint density at radius 1 is 1.14 bits per heavy atom. The lowest BCUT2D eigenvalue weighted by molar-refractivity contribution is -0.138. The van der Waals surface area contributed by atoms with Gasteiger partial charge < -0.3 is 19.5 Å². The number of methoxy groups -OCH3 is 1. The van der Waals surface area contributed by atoms with Crippen LogP contribution in [0.15, 0.2) is 42.7 Å². The number of alkyl halides is 5. The van der Waals surface area contributed by atoms with E-state index >= 15 is 0 Å². The van der Waals surface area contributed by atoms with Gasteiger partial charge in [0.2, 0.25) is 0 Å². The number of aryl methyl sites for hydroxylation is 1. The second kappa shape index (κ2) is 9.06. The van der Waals surface area contributed by atoms with Crippen molar-refractivity contribution in [2.75, 3.05) is 18.6 Å². The second-order valence-electron chi connectivity index (χ2n) is 12.3. The van der Waals surface area contributed by atoms with Gasteiger partial charge in [-0.05, 0) is 72.7 Å². The zero-order valence-corrected chi connectivity index (χ0v) is 23.1. The first-order chi connectivity index (χ1) is 19.9. The average molecular weight is 588 g/mol. The molecule has 2 atom stereocenters. The summed E-state index contributed by atoms with van der Waals surface area (Å²) < 4.78 is 77.1. The quantitative estimate of drug-likeness (QED) is 0.366. The van der Waals surface area contributed by atoms with E-state index in [9.17, 15) is 26.7 Å². The maximum atomic E-state index is 14.2. The fraction of sp³-hybridized carbons (Fsp3) is 0.500. The van der Waals surface area contributed by atoms with Gasteiger partial charge in [-0.3, -0.25) is 4.79 Å². The second-order valence-corrected chi connectivity index (χ2v) is 12.3. The molecule has 7 nitrogen and oxygen atoms in total. The van der Waals surface area contributed by atoms with Crippen molar-refractivity contribution in [3.05, 3.63) is 76.4 Å². The Bertz CT molecular complexity index is 1580. The molecular weight excluding hydrogens is 557 g/mol. The van der Waals surface area contributed by atoms with Crippen molar-refractivity contribution in [1.29, 1.82) is 0 Å². The zero-order valence-electron chi connectivity index (χ0n) is 23.1. The molecule has 0 bridgehead atoms. The van der Waals surface area contributed by atoms with Crippen LogP contribution in [0.4, 0.5) is 27.6 Å². The number of ether oxygens (including phenoxy) is 1. The van der Waals surface area contributed by atoms with E-state index in [1.54, 1.807) is 25.6 Å². The molecule has 3 fully saturated rings. The van der Waals surface area contributed by atoms with E-state index in [2.05, 4.69) is 15.5 Å². The van der Waals surface area contributed by atoms with Crippen molar-refractivity contribution < 1.29 is 31.5 Å². The number of fused-ring (bicyclic) bond motifs is 1. The predicted octanol–water partition coefficient (Wildman–Crippen LogP) is 5.22. The monoisotopic (exact) mass is 587 g/mol. The minimum absolute atomic E-state index is 0.00903. The number of hydrogen-bond acceptors (Lipinski definition) is 5. The van der Waals surface area contributed by atoms with E-state index in [4.69, 9.17) is 4.74 Å². The fourth-order valence-corrected chi connectivity index (χ4v) is 7.21. The molecule has 42 heavy (non-hydrogen) atoms. The van der Waals surface area contributed by atoms with Crippen LogP contribution in [0.3, 0.4) is 0 Å². The minimum atomic E-state index is -4.66. The maximum Gasteiger partial charge on any atom is 0.416 e. The molecule has 1 amide bonds. The zero-order chi connectivity index (χ0) is 29.7.